The Balaban J connectivity index is 3.56. The summed E-state index contributed by atoms with van der Waals surface area (Å²) in [6, 6.07) is 1.65. The smallest absolute Gasteiger partial charge is 0.343 e. The van der Waals surface area contributed by atoms with E-state index in [1.165, 1.54) is 14.2 Å². The number of methoxy groups -OCH3 is 2. The van der Waals surface area contributed by atoms with Crippen molar-refractivity contribution in [3.63, 3.8) is 0 Å². The van der Waals surface area contributed by atoms with Crippen LogP contribution in [0.3, 0.4) is 0 Å². The fourth-order valence-electron chi connectivity index (χ4n) is 1.29. The topological polar surface area (TPSA) is 55.8 Å². The predicted molar refractivity (Wildman–Crippen MR) is 58.9 cm³/mol. The molecule has 1 aromatic carbocycles. The van der Waals surface area contributed by atoms with Crippen LogP contribution < -0.4 is 9.47 Å². The number of benzene rings is 1. The zero-order valence-corrected chi connectivity index (χ0v) is 10.2. The van der Waals surface area contributed by atoms with E-state index in [2.05, 4.69) is 15.9 Å². The van der Waals surface area contributed by atoms with Crippen LogP contribution in [0.2, 0.25) is 0 Å². The van der Waals surface area contributed by atoms with Crippen molar-refractivity contribution < 1.29 is 19.4 Å². The van der Waals surface area contributed by atoms with Gasteiger partial charge in [-0.3, -0.25) is 0 Å². The number of carbonyl (C=O) groups is 1. The molecule has 0 fully saturated rings. The second-order valence-corrected chi connectivity index (χ2v) is 3.72. The standard InChI is InChI=1S/C10H11BrO4/c1-5-4-6(14-2)7(10(12)13)9(15-3)8(5)11/h4H,1-3H3,(H,12,13). The molecule has 0 atom stereocenters. The van der Waals surface area contributed by atoms with Gasteiger partial charge in [0.25, 0.3) is 0 Å². The molecule has 0 aliphatic carbocycles. The Bertz CT molecular complexity index is 401. The van der Waals surface area contributed by atoms with Gasteiger partial charge in [-0.25, -0.2) is 4.79 Å². The number of aryl methyl sites for hydroxylation is 1. The molecule has 0 heterocycles. The van der Waals surface area contributed by atoms with Crippen molar-refractivity contribution in [2.45, 2.75) is 6.92 Å². The lowest BCUT2D eigenvalue weighted by molar-refractivity contribution is 0.0689. The van der Waals surface area contributed by atoms with Gasteiger partial charge in [0, 0.05) is 0 Å². The molecule has 0 bridgehead atoms. The van der Waals surface area contributed by atoms with Crippen LogP contribution in [0, 0.1) is 6.92 Å². The maximum absolute atomic E-state index is 11.0. The summed E-state index contributed by atoms with van der Waals surface area (Å²) in [6.07, 6.45) is 0. The van der Waals surface area contributed by atoms with Crippen molar-refractivity contribution in [3.05, 3.63) is 21.7 Å². The van der Waals surface area contributed by atoms with Crippen molar-refractivity contribution in [1.82, 2.24) is 0 Å². The Morgan fingerprint density at radius 3 is 2.40 bits per heavy atom. The molecule has 0 aliphatic rings. The largest absolute Gasteiger partial charge is 0.496 e. The second-order valence-electron chi connectivity index (χ2n) is 2.92. The average Bonchev–Trinajstić information content (AvgIpc) is 2.20. The molecule has 0 saturated heterocycles. The van der Waals surface area contributed by atoms with Gasteiger partial charge in [0.15, 0.2) is 5.75 Å². The molecule has 82 valence electrons. The lowest BCUT2D eigenvalue weighted by atomic mass is 10.1. The SMILES string of the molecule is COc1cc(C)c(Br)c(OC)c1C(=O)O. The molecular weight excluding hydrogens is 264 g/mol. The van der Waals surface area contributed by atoms with Crippen LogP contribution in [0.5, 0.6) is 11.5 Å². The number of rotatable bonds is 3. The van der Waals surface area contributed by atoms with Crippen LogP contribution in [0.25, 0.3) is 0 Å². The molecule has 5 heteroatoms. The van der Waals surface area contributed by atoms with E-state index in [0.717, 1.165) is 5.56 Å². The summed E-state index contributed by atoms with van der Waals surface area (Å²) in [5.41, 5.74) is 0.881. The maximum Gasteiger partial charge on any atom is 0.343 e. The highest BCUT2D eigenvalue weighted by Gasteiger charge is 2.21. The number of carboxylic acid groups (broad SMARTS) is 1. The van der Waals surface area contributed by atoms with Gasteiger partial charge in [-0.2, -0.15) is 0 Å². The van der Waals surface area contributed by atoms with Crippen LogP contribution in [0.1, 0.15) is 15.9 Å². The van der Waals surface area contributed by atoms with Gasteiger partial charge in [0.2, 0.25) is 0 Å². The first kappa shape index (κ1) is 11.8. The Hall–Kier alpha value is -1.23. The van der Waals surface area contributed by atoms with Crippen molar-refractivity contribution >= 4 is 21.9 Å². The number of hydrogen-bond donors (Lipinski definition) is 1. The predicted octanol–water partition coefficient (Wildman–Crippen LogP) is 2.47. The van der Waals surface area contributed by atoms with E-state index in [1.54, 1.807) is 6.07 Å². The van der Waals surface area contributed by atoms with Gasteiger partial charge >= 0.3 is 5.97 Å². The van der Waals surface area contributed by atoms with E-state index in [0.29, 0.717) is 10.2 Å². The van der Waals surface area contributed by atoms with E-state index >= 15 is 0 Å². The number of aromatic carboxylic acids is 1. The summed E-state index contributed by atoms with van der Waals surface area (Å²) in [4.78, 5) is 11.0. The van der Waals surface area contributed by atoms with Crippen molar-refractivity contribution in [2.75, 3.05) is 14.2 Å². The van der Waals surface area contributed by atoms with Gasteiger partial charge < -0.3 is 14.6 Å². The highest BCUT2D eigenvalue weighted by atomic mass is 79.9. The Morgan fingerprint density at radius 1 is 1.40 bits per heavy atom. The molecular formula is C10H11BrO4. The third-order valence-electron chi connectivity index (χ3n) is 2.00. The number of carboxylic acids is 1. The first-order chi connectivity index (χ1) is 7.02. The van der Waals surface area contributed by atoms with E-state index in [9.17, 15) is 4.79 Å². The molecule has 0 aliphatic heterocycles. The second kappa shape index (κ2) is 4.53. The minimum Gasteiger partial charge on any atom is -0.496 e. The Morgan fingerprint density at radius 2 is 2.00 bits per heavy atom. The highest BCUT2D eigenvalue weighted by Crippen LogP contribution is 2.38. The molecule has 0 saturated carbocycles. The molecule has 0 radical (unpaired) electrons. The summed E-state index contributed by atoms with van der Waals surface area (Å²) in [7, 11) is 2.85. The summed E-state index contributed by atoms with van der Waals surface area (Å²) in [5, 5.41) is 9.04. The molecule has 1 N–H and O–H groups in total. The Kier molecular flexibility index (Phi) is 3.57. The summed E-state index contributed by atoms with van der Waals surface area (Å²) < 4.78 is 10.7. The first-order valence-corrected chi connectivity index (χ1v) is 4.96. The molecule has 0 amide bonds. The molecule has 1 rings (SSSR count). The zero-order chi connectivity index (χ0) is 11.6. The first-order valence-electron chi connectivity index (χ1n) is 4.17. The molecule has 0 spiro atoms. The lowest BCUT2D eigenvalue weighted by Gasteiger charge is -2.13. The highest BCUT2D eigenvalue weighted by molar-refractivity contribution is 9.10. The van der Waals surface area contributed by atoms with Crippen LogP contribution in [0.4, 0.5) is 0 Å². The maximum atomic E-state index is 11.0. The molecule has 0 aromatic heterocycles. The third kappa shape index (κ3) is 2.07. The van der Waals surface area contributed by atoms with Crippen molar-refractivity contribution in [2.24, 2.45) is 0 Å². The van der Waals surface area contributed by atoms with E-state index in [-0.39, 0.29) is 11.3 Å². The summed E-state index contributed by atoms with van der Waals surface area (Å²) in [6.45, 7) is 1.83. The molecule has 4 nitrogen and oxygen atoms in total. The van der Waals surface area contributed by atoms with Crippen molar-refractivity contribution in [1.29, 1.82) is 0 Å². The van der Waals surface area contributed by atoms with Crippen LogP contribution in [0.15, 0.2) is 10.5 Å². The van der Waals surface area contributed by atoms with Gasteiger partial charge in [-0.15, -0.1) is 0 Å². The number of ether oxygens (including phenoxy) is 2. The fourth-order valence-corrected chi connectivity index (χ4v) is 1.76. The quantitative estimate of drug-likeness (QED) is 0.920. The van der Waals surface area contributed by atoms with Crippen molar-refractivity contribution in [3.8, 4) is 11.5 Å². The molecule has 15 heavy (non-hydrogen) atoms. The minimum absolute atomic E-state index is 0.0254. The van der Waals surface area contributed by atoms with E-state index in [4.69, 9.17) is 14.6 Å². The molecule has 1 aromatic rings. The van der Waals surface area contributed by atoms with E-state index < -0.39 is 5.97 Å². The van der Waals surface area contributed by atoms with E-state index in [1.807, 2.05) is 6.92 Å². The van der Waals surface area contributed by atoms with Gasteiger partial charge in [0.05, 0.1) is 18.7 Å². The lowest BCUT2D eigenvalue weighted by Crippen LogP contribution is -2.05. The summed E-state index contributed by atoms with van der Waals surface area (Å²) >= 11 is 3.28. The van der Waals surface area contributed by atoms with Crippen LogP contribution >= 0.6 is 15.9 Å². The Labute approximate surface area is 95.9 Å². The zero-order valence-electron chi connectivity index (χ0n) is 8.63. The minimum atomic E-state index is -1.08. The monoisotopic (exact) mass is 274 g/mol. The van der Waals surface area contributed by atoms with Gasteiger partial charge in [0.1, 0.15) is 11.3 Å². The average molecular weight is 275 g/mol. The number of halogens is 1. The van der Waals surface area contributed by atoms with Crippen LogP contribution in [-0.2, 0) is 0 Å². The summed E-state index contributed by atoms with van der Waals surface area (Å²) in [5.74, 6) is -0.510. The number of hydrogen-bond acceptors (Lipinski definition) is 3. The van der Waals surface area contributed by atoms with Gasteiger partial charge in [-0.05, 0) is 34.5 Å². The fraction of sp³-hybridized carbons (Fsp3) is 0.300. The van der Waals surface area contributed by atoms with Crippen LogP contribution in [-0.4, -0.2) is 25.3 Å². The normalized spacial score (nSPS) is 9.87. The van der Waals surface area contributed by atoms with Gasteiger partial charge in [-0.1, -0.05) is 0 Å². The molecule has 0 unspecified atom stereocenters. The third-order valence-corrected chi connectivity index (χ3v) is 2.99.